The quantitative estimate of drug-likeness (QED) is 0.00832. The molecule has 0 bridgehead atoms. The first kappa shape index (κ1) is 132. The van der Waals surface area contributed by atoms with Crippen molar-refractivity contribution in [3.05, 3.63) is 281 Å². The number of rotatable bonds is 25. The van der Waals surface area contributed by atoms with E-state index in [9.17, 15) is 43.5 Å². The average Bonchev–Trinajstić information content (AvgIpc) is 1.61. The molecule has 4 unspecified atom stereocenters. The second-order valence-corrected chi connectivity index (χ2v) is 43.4. The predicted molar refractivity (Wildman–Crippen MR) is 606 cm³/mol. The minimum Gasteiger partial charge on any atom is -0.466 e. The molecule has 0 aromatic heterocycles. The summed E-state index contributed by atoms with van der Waals surface area (Å²) in [5, 5.41) is 36.1. The van der Waals surface area contributed by atoms with Crippen LogP contribution >= 0.6 is 11.6 Å². The molecule has 27 heteroatoms. The number of amides is 7. The number of imide groups is 2. The molecule has 0 saturated carbocycles. The maximum Gasteiger partial charge on any atom is 0.407 e. The van der Waals surface area contributed by atoms with Crippen LogP contribution in [0.3, 0.4) is 0 Å². The molecule has 17 N–H and O–H groups in total. The minimum atomic E-state index is -0.634. The molecule has 4 atom stereocenters. The molecular formula is C121H181ClN10O16. The summed E-state index contributed by atoms with van der Waals surface area (Å²) in [6.45, 7) is 55.1. The fraction of sp³-hybridized carbons (Fsp3) is 0.504. The molecule has 4 aliphatic carbocycles. The molecule has 6 aromatic carbocycles. The summed E-state index contributed by atoms with van der Waals surface area (Å²) in [5.41, 5.74) is 49.2. The first-order valence-electron chi connectivity index (χ1n) is 51.9. The van der Waals surface area contributed by atoms with Crippen molar-refractivity contribution in [1.29, 1.82) is 11.1 Å². The van der Waals surface area contributed by atoms with Crippen molar-refractivity contribution in [2.75, 3.05) is 51.9 Å². The number of benzene rings is 6. The van der Waals surface area contributed by atoms with Gasteiger partial charge in [-0.3, -0.25) is 34.2 Å². The molecule has 6 aliphatic rings. The van der Waals surface area contributed by atoms with E-state index in [4.69, 9.17) is 64.3 Å². The predicted octanol–water partition coefficient (Wildman–Crippen LogP) is 26.8. The Morgan fingerprint density at radius 2 is 0.716 bits per heavy atom. The van der Waals surface area contributed by atoms with Crippen LogP contribution in [0, 0.1) is 32.7 Å². The van der Waals surface area contributed by atoms with Gasteiger partial charge in [-0.05, 0) is 345 Å². The van der Waals surface area contributed by atoms with Crippen LogP contribution in [0.2, 0.25) is 0 Å². The smallest absolute Gasteiger partial charge is 0.407 e. The standard InChI is InChI=1S/C33H40N2O4.C25H38N2O2.C25H37NO3.C20H30N2.C8H5NO2.C4H8O2.C2H5Cl.2C2H6O.H2N2.H2O.H2/c1-22-11-10-19-33(5,6)27(22)17-16-23-12-9-13-24(21-23)28(18-20-34-31(38)39-32(2,3)4)35-29(36)25-14-7-8-15-26(25)30(35)37;1-18-9-8-15-25(5,6)21(18)13-12-19-10-7-11-20(17-19)22(26)14-16-27-23(28)29-24(2,3)4;1-18-9-8-15-25(5,6)21(18)13-12-19-10-7-11-20(17-19)22(27)14-16-26-23(28)29-24(2,3)4;1-15-6-5-12-20(2,3)18(15)10-9-16-7-4-8-17(14-16)19(22)11-13-21;10-7-5-3-1-2-4-6(5)8(11)9-7;1-3-6-4(2)5;3*1-2-3;1-2;;/h7-9,12-17,21,28H,10-11,18-20H2,1-6H3,(H,34,38);7,10-13,17,22H,8-9,14-16,26H2,1-6H3,(H,27,28);7,10-13,17,22,27H,8-9,14-16H2,1-6H3,(H,26,28);4,7-10,14,19H,5-6,11-13,21-22H2,1-3H3;1-4H,(H,9,10,11);3H2,1-2H3;2H2,1H3;2*3H,2H2,1H3;1-2H;1H2;1H/b17-16+;2*13-12+;10-9+;;;;;;;;. The zero-order valence-corrected chi connectivity index (χ0v) is 94.3. The van der Waals surface area contributed by atoms with Crippen LogP contribution in [0.15, 0.2) is 214 Å². The van der Waals surface area contributed by atoms with E-state index in [2.05, 4.69) is 200 Å². The number of alkyl carbamates (subject to hydrolysis) is 3. The third kappa shape index (κ3) is 47.1. The number of nitrogens with one attached hydrogen (secondary N) is 6. The van der Waals surface area contributed by atoms with Crippen molar-refractivity contribution in [2.24, 2.45) is 38.9 Å². The van der Waals surface area contributed by atoms with E-state index < -0.39 is 47.2 Å². The number of aliphatic hydroxyl groups is 3. The molecule has 26 nitrogen and oxygen atoms in total. The summed E-state index contributed by atoms with van der Waals surface area (Å²) in [7, 11) is 0. The van der Waals surface area contributed by atoms with Gasteiger partial charge in [0.15, 0.2) is 0 Å². The van der Waals surface area contributed by atoms with Gasteiger partial charge < -0.3 is 72.9 Å². The molecule has 2 aliphatic heterocycles. The Bertz CT molecular complexity index is 5290. The van der Waals surface area contributed by atoms with Crippen LogP contribution in [0.4, 0.5) is 14.4 Å². The second-order valence-electron chi connectivity index (χ2n) is 42.9. The molecule has 148 heavy (non-hydrogen) atoms. The third-order valence-electron chi connectivity index (χ3n) is 25.1. The summed E-state index contributed by atoms with van der Waals surface area (Å²) in [5.74, 6) is -0.721. The highest BCUT2D eigenvalue weighted by Crippen LogP contribution is 2.46. The number of hydrogen-bond acceptors (Lipinski definition) is 20. The van der Waals surface area contributed by atoms with E-state index in [0.717, 1.165) is 58.5 Å². The van der Waals surface area contributed by atoms with E-state index in [0.29, 0.717) is 67.8 Å². The minimum absolute atomic E-state index is 0. The third-order valence-corrected chi connectivity index (χ3v) is 25.1. The normalized spacial score (nSPS) is 16.5. The summed E-state index contributed by atoms with van der Waals surface area (Å²) in [6, 6.07) is 45.7. The van der Waals surface area contributed by atoms with E-state index in [1.54, 1.807) is 90.1 Å². The van der Waals surface area contributed by atoms with Gasteiger partial charge in [0.05, 0.1) is 41.0 Å². The Morgan fingerprint density at radius 1 is 0.446 bits per heavy atom. The zero-order chi connectivity index (χ0) is 111. The first-order chi connectivity index (χ1) is 69.1. The highest BCUT2D eigenvalue weighted by atomic mass is 35.5. The lowest BCUT2D eigenvalue weighted by molar-refractivity contribution is -0.140. The Kier molecular flexibility index (Phi) is 58.5. The fourth-order valence-corrected chi connectivity index (χ4v) is 18.1. The van der Waals surface area contributed by atoms with Crippen LogP contribution in [0.25, 0.3) is 24.3 Å². The highest BCUT2D eigenvalue weighted by molar-refractivity contribution is 6.22. The van der Waals surface area contributed by atoms with Crippen molar-refractivity contribution in [2.45, 2.75) is 324 Å². The van der Waals surface area contributed by atoms with Gasteiger partial charge in [-0.2, -0.15) is 0 Å². The highest BCUT2D eigenvalue weighted by Gasteiger charge is 2.41. The summed E-state index contributed by atoms with van der Waals surface area (Å²) >= 11 is 5.00. The lowest BCUT2D eigenvalue weighted by Crippen LogP contribution is -2.38. The molecule has 12 rings (SSSR count). The number of nitrogens with zero attached hydrogens (tertiary/aromatic N) is 1. The Labute approximate surface area is 891 Å². The summed E-state index contributed by atoms with van der Waals surface area (Å²) in [6.07, 6.45) is 32.6. The number of nitrogens with two attached hydrogens (primary N) is 3. The lowest BCUT2D eigenvalue weighted by Gasteiger charge is -2.33. The van der Waals surface area contributed by atoms with Crippen molar-refractivity contribution in [3.63, 3.8) is 0 Å². The average molecular weight is 2070 g/mol. The molecule has 0 fully saturated rings. The molecule has 0 saturated heterocycles. The number of alkyl halides is 1. The van der Waals surface area contributed by atoms with E-state index in [1.807, 2.05) is 103 Å². The van der Waals surface area contributed by atoms with Gasteiger partial charge >= 0.3 is 24.2 Å². The van der Waals surface area contributed by atoms with Crippen molar-refractivity contribution in [1.82, 2.24) is 26.2 Å². The van der Waals surface area contributed by atoms with Crippen LogP contribution in [0.5, 0.6) is 0 Å². The zero-order valence-electron chi connectivity index (χ0n) is 93.6. The van der Waals surface area contributed by atoms with Gasteiger partial charge in [-0.25, -0.2) is 25.4 Å². The number of halogens is 1. The maximum absolute atomic E-state index is 13.4. The van der Waals surface area contributed by atoms with Gasteiger partial charge in [-0.1, -0.05) is 242 Å². The van der Waals surface area contributed by atoms with E-state index in [-0.39, 0.29) is 90.0 Å². The topological polar surface area (TPSA) is 443 Å². The molecule has 0 spiro atoms. The first-order valence-corrected chi connectivity index (χ1v) is 52.4. The molecule has 6 aromatic rings. The number of esters is 1. The number of hydrogen-bond donors (Lipinski definition) is 12. The number of fused-ring (bicyclic) bond motifs is 2. The van der Waals surface area contributed by atoms with Gasteiger partial charge in [0, 0.05) is 59.2 Å². The molecule has 0 radical (unpaired) electrons. The molecule has 818 valence electrons. The van der Waals surface area contributed by atoms with Gasteiger partial charge in [0.2, 0.25) is 0 Å². The van der Waals surface area contributed by atoms with Gasteiger partial charge in [0.25, 0.3) is 23.6 Å². The number of carbonyl (C=O) groups excluding carboxylic acids is 8. The van der Waals surface area contributed by atoms with E-state index in [1.165, 1.54) is 132 Å². The molecular weight excluding hydrogens is 1880 g/mol. The monoisotopic (exact) mass is 2070 g/mol. The van der Waals surface area contributed by atoms with Gasteiger partial charge in [-0.15, -0.1) is 11.6 Å². The number of aliphatic hydroxyl groups excluding tert-OH is 3. The van der Waals surface area contributed by atoms with Crippen LogP contribution in [-0.4, -0.2) is 142 Å². The lowest BCUT2D eigenvalue weighted by atomic mass is 9.72. The number of allylic oxidation sites excluding steroid dienone is 12. The SMILES string of the molecule is CC1=C(/C=C/c2cccc(C(CCNC(=O)OC(C)(C)C)N3C(=O)c4ccccc4C3=O)c2)C(C)(C)CCC1.CC1=C(/C=C/c2cccc(C(N)CCN)c2)C(C)(C)CCC1.CC1=C(/C=C/c2cccc(C(N)CCNC(=O)OC(C)(C)C)c2)C(C)(C)CCC1.CC1=C(/C=C/c2cccc(C(O)CCNC(=O)OC(C)(C)C)c2)C(C)(C)CCC1.CCCl.CCO.CCO.CCOC(C)=O.N=N.O.O=C1NC(=O)c2ccccc21.[HH]. The Morgan fingerprint density at radius 3 is 1.00 bits per heavy atom. The fourth-order valence-electron chi connectivity index (χ4n) is 18.1. The van der Waals surface area contributed by atoms with Crippen molar-refractivity contribution >= 4 is 83.8 Å². The summed E-state index contributed by atoms with van der Waals surface area (Å²) in [4.78, 5) is 95.6. The summed E-state index contributed by atoms with van der Waals surface area (Å²) < 4.78 is 20.2. The number of carbonyl (C=O) groups is 8. The largest absolute Gasteiger partial charge is 0.466 e. The number of ether oxygens (including phenoxy) is 4. The van der Waals surface area contributed by atoms with E-state index >= 15 is 0 Å². The molecule has 2 heterocycles. The Hall–Kier alpha value is -11.6. The Balaban J connectivity index is 0.000000918. The van der Waals surface area contributed by atoms with Gasteiger partial charge in [0.1, 0.15) is 16.8 Å². The maximum atomic E-state index is 13.4. The second kappa shape index (κ2) is 65.4. The van der Waals surface area contributed by atoms with Crippen LogP contribution < -0.4 is 38.5 Å². The van der Waals surface area contributed by atoms with Crippen molar-refractivity contribution < 1.29 is 79.5 Å². The van der Waals surface area contributed by atoms with Crippen molar-refractivity contribution in [3.8, 4) is 0 Å². The van der Waals surface area contributed by atoms with Crippen LogP contribution in [-0.2, 0) is 23.7 Å². The van der Waals surface area contributed by atoms with Crippen LogP contribution in [0.1, 0.15) is 394 Å². The molecule has 7 amide bonds.